The maximum Gasteiger partial charge on any atom is 0.338 e. The highest BCUT2D eigenvalue weighted by Crippen LogP contribution is 2.36. The summed E-state index contributed by atoms with van der Waals surface area (Å²) in [4.78, 5) is 32.0. The van der Waals surface area contributed by atoms with Gasteiger partial charge < -0.3 is 18.6 Å². The molecule has 0 fully saturated rings. The average Bonchev–Trinajstić information content (AvgIpc) is 3.51. The number of benzene rings is 2. The number of carbonyl (C=O) groups is 1. The third kappa shape index (κ3) is 5.08. The van der Waals surface area contributed by atoms with Crippen LogP contribution in [0.5, 0.6) is 11.5 Å². The molecule has 0 amide bonds. The smallest absolute Gasteiger partial charge is 0.338 e. The molecule has 2 aromatic carbocycles. The van der Waals surface area contributed by atoms with Crippen LogP contribution in [0.25, 0.3) is 17.4 Å². The summed E-state index contributed by atoms with van der Waals surface area (Å²) in [5.74, 6) is 1.42. The lowest BCUT2D eigenvalue weighted by Gasteiger charge is -2.25. The number of aromatic nitrogens is 1. The van der Waals surface area contributed by atoms with Gasteiger partial charge in [-0.2, -0.15) is 0 Å². The molecule has 0 aliphatic carbocycles. The first-order valence-electron chi connectivity index (χ1n) is 12.2. The van der Waals surface area contributed by atoms with Crippen LogP contribution >= 0.6 is 34.5 Å². The number of allylic oxidation sites excluding steroid dienone is 1. The lowest BCUT2D eigenvalue weighted by molar-refractivity contribution is -0.139. The third-order valence-electron chi connectivity index (χ3n) is 6.34. The second-order valence-corrected chi connectivity index (χ2v) is 10.6. The number of nitrogens with zero attached hydrogens (tertiary/aromatic N) is 2. The Morgan fingerprint density at radius 3 is 2.58 bits per heavy atom. The third-order valence-corrected chi connectivity index (χ3v) is 7.87. The van der Waals surface area contributed by atoms with Crippen molar-refractivity contribution in [2.24, 2.45) is 4.99 Å². The molecule has 2 aromatic heterocycles. The van der Waals surface area contributed by atoms with E-state index < -0.39 is 12.0 Å². The van der Waals surface area contributed by atoms with Gasteiger partial charge in [0.15, 0.2) is 16.3 Å². The monoisotopic (exact) mass is 598 g/mol. The lowest BCUT2D eigenvalue weighted by atomic mass is 9.95. The molecule has 4 aromatic rings. The number of fused-ring (bicyclic) bond motifs is 1. The summed E-state index contributed by atoms with van der Waals surface area (Å²) in [7, 11) is 3.06. The molecule has 0 bridgehead atoms. The van der Waals surface area contributed by atoms with Crippen LogP contribution in [0, 0.1) is 0 Å². The first-order valence-corrected chi connectivity index (χ1v) is 13.8. The number of hydrogen-bond acceptors (Lipinski definition) is 8. The number of rotatable bonds is 7. The van der Waals surface area contributed by atoms with E-state index >= 15 is 0 Å². The summed E-state index contributed by atoms with van der Waals surface area (Å²) in [5.41, 5.74) is 1.71. The van der Waals surface area contributed by atoms with E-state index in [1.54, 1.807) is 68.5 Å². The molecule has 1 aliphatic heterocycles. The van der Waals surface area contributed by atoms with Crippen LogP contribution in [-0.4, -0.2) is 31.4 Å². The van der Waals surface area contributed by atoms with Crippen molar-refractivity contribution in [2.75, 3.05) is 20.8 Å². The number of carbonyl (C=O) groups excluding carboxylic acids is 1. The average molecular weight is 599 g/mol. The van der Waals surface area contributed by atoms with E-state index in [4.69, 9.17) is 41.8 Å². The first-order chi connectivity index (χ1) is 19.2. The molecule has 0 radical (unpaired) electrons. The fourth-order valence-electron chi connectivity index (χ4n) is 4.52. The minimum absolute atomic E-state index is 0.178. The Labute approximate surface area is 243 Å². The normalized spacial score (nSPS) is 15.1. The topological polar surface area (TPSA) is 92.3 Å². The van der Waals surface area contributed by atoms with Crippen LogP contribution in [0.2, 0.25) is 10.0 Å². The van der Waals surface area contributed by atoms with E-state index in [0.29, 0.717) is 59.2 Å². The predicted octanol–water partition coefficient (Wildman–Crippen LogP) is 5.38. The van der Waals surface area contributed by atoms with Gasteiger partial charge in [0.05, 0.1) is 47.7 Å². The quantitative estimate of drug-likeness (QED) is 0.265. The van der Waals surface area contributed by atoms with Crippen molar-refractivity contribution in [1.82, 2.24) is 4.57 Å². The van der Waals surface area contributed by atoms with Crippen molar-refractivity contribution in [3.05, 3.63) is 101 Å². The van der Waals surface area contributed by atoms with Gasteiger partial charge in [0.1, 0.15) is 11.5 Å². The van der Waals surface area contributed by atoms with Crippen LogP contribution in [-0.2, 0) is 9.53 Å². The zero-order valence-corrected chi connectivity index (χ0v) is 24.3. The van der Waals surface area contributed by atoms with Gasteiger partial charge in [-0.15, -0.1) is 0 Å². The van der Waals surface area contributed by atoms with Crippen molar-refractivity contribution in [3.8, 4) is 22.8 Å². The summed E-state index contributed by atoms with van der Waals surface area (Å²) >= 11 is 13.6. The predicted molar refractivity (Wildman–Crippen MR) is 154 cm³/mol. The molecule has 5 rings (SSSR count). The van der Waals surface area contributed by atoms with Gasteiger partial charge in [-0.1, -0.05) is 40.6 Å². The van der Waals surface area contributed by atoms with Crippen LogP contribution < -0.4 is 24.4 Å². The van der Waals surface area contributed by atoms with Crippen LogP contribution in [0.1, 0.15) is 31.2 Å². The Morgan fingerprint density at radius 2 is 1.88 bits per heavy atom. The maximum atomic E-state index is 13.9. The maximum absolute atomic E-state index is 13.9. The fraction of sp³-hybridized carbons (Fsp3) is 0.207. The number of thiazole rings is 1. The van der Waals surface area contributed by atoms with Gasteiger partial charge in [-0.25, -0.2) is 9.79 Å². The fourth-order valence-corrected chi connectivity index (χ4v) is 6.05. The Bertz CT molecular complexity index is 1840. The minimum atomic E-state index is -0.794. The van der Waals surface area contributed by atoms with E-state index in [1.165, 1.54) is 30.1 Å². The SMILES string of the molecule is CCOC(=O)C1=C(C)N=c2s/c(=C\c3ccc(-c4ccc(Cl)cc4Cl)o3)c(=O)n2C1c1ccc(OC)c(OC)c1. The van der Waals surface area contributed by atoms with Crippen molar-refractivity contribution in [3.63, 3.8) is 0 Å². The molecule has 1 aliphatic rings. The standard InChI is InChI=1S/C29H24Cl2N2O6S/c1-5-38-28(35)25-15(2)32-29-33(26(25)16-6-10-22(36-3)23(12-16)37-4)27(34)24(40-29)14-18-8-11-21(39-18)19-9-7-17(30)13-20(19)31/h6-14,26H,5H2,1-4H3/b24-14-. The molecule has 0 spiro atoms. The summed E-state index contributed by atoms with van der Waals surface area (Å²) < 4.78 is 24.1. The summed E-state index contributed by atoms with van der Waals surface area (Å²) in [6.07, 6.45) is 1.65. The zero-order valence-electron chi connectivity index (χ0n) is 22.0. The Hall–Kier alpha value is -3.79. The highest BCUT2D eigenvalue weighted by molar-refractivity contribution is 7.07. The van der Waals surface area contributed by atoms with Crippen molar-refractivity contribution in [1.29, 1.82) is 0 Å². The van der Waals surface area contributed by atoms with E-state index in [9.17, 15) is 9.59 Å². The van der Waals surface area contributed by atoms with Crippen molar-refractivity contribution in [2.45, 2.75) is 19.9 Å². The second-order valence-electron chi connectivity index (χ2n) is 8.74. The number of halogens is 2. The zero-order chi connectivity index (χ0) is 28.6. The van der Waals surface area contributed by atoms with Crippen LogP contribution in [0.15, 0.2) is 74.0 Å². The van der Waals surface area contributed by atoms with E-state index in [0.717, 1.165) is 0 Å². The Balaban J connectivity index is 1.65. The molecule has 0 saturated carbocycles. The van der Waals surface area contributed by atoms with Crippen LogP contribution in [0.3, 0.4) is 0 Å². The van der Waals surface area contributed by atoms with E-state index in [1.807, 2.05) is 0 Å². The summed E-state index contributed by atoms with van der Waals surface area (Å²) in [6, 6.07) is 13.1. The second kappa shape index (κ2) is 11.4. The Morgan fingerprint density at radius 1 is 1.10 bits per heavy atom. The molecule has 8 nitrogen and oxygen atoms in total. The highest BCUT2D eigenvalue weighted by Gasteiger charge is 2.34. The molecular weight excluding hydrogens is 575 g/mol. The molecule has 40 heavy (non-hydrogen) atoms. The number of methoxy groups -OCH3 is 2. The van der Waals surface area contributed by atoms with Gasteiger partial charge in [-0.05, 0) is 61.9 Å². The number of ether oxygens (including phenoxy) is 3. The highest BCUT2D eigenvalue weighted by atomic mass is 35.5. The van der Waals surface area contributed by atoms with Crippen molar-refractivity contribution < 1.29 is 23.4 Å². The molecule has 0 saturated heterocycles. The van der Waals surface area contributed by atoms with Gasteiger partial charge in [0.25, 0.3) is 5.56 Å². The molecule has 0 N–H and O–H groups in total. The molecule has 3 heterocycles. The van der Waals surface area contributed by atoms with Crippen LogP contribution in [0.4, 0.5) is 0 Å². The van der Waals surface area contributed by atoms with E-state index in [2.05, 4.69) is 4.99 Å². The van der Waals surface area contributed by atoms with Gasteiger partial charge in [-0.3, -0.25) is 9.36 Å². The molecule has 1 atom stereocenters. The molecule has 206 valence electrons. The molecule has 1 unspecified atom stereocenters. The molecule has 11 heteroatoms. The first kappa shape index (κ1) is 27.8. The number of hydrogen-bond donors (Lipinski definition) is 0. The summed E-state index contributed by atoms with van der Waals surface area (Å²) in [6.45, 7) is 3.63. The van der Waals surface area contributed by atoms with Gasteiger partial charge >= 0.3 is 5.97 Å². The minimum Gasteiger partial charge on any atom is -0.493 e. The Kier molecular flexibility index (Phi) is 7.89. The van der Waals surface area contributed by atoms with Gasteiger partial charge in [0.2, 0.25) is 0 Å². The largest absolute Gasteiger partial charge is 0.493 e. The number of esters is 1. The number of furan rings is 1. The summed E-state index contributed by atoms with van der Waals surface area (Å²) in [5, 5.41) is 0.966. The molecular formula is C29H24Cl2N2O6S. The van der Waals surface area contributed by atoms with Gasteiger partial charge in [0, 0.05) is 16.7 Å². The van der Waals surface area contributed by atoms with E-state index in [-0.39, 0.29) is 17.7 Å². The lowest BCUT2D eigenvalue weighted by Crippen LogP contribution is -2.39. The van der Waals surface area contributed by atoms with Crippen molar-refractivity contribution >= 4 is 46.6 Å².